The van der Waals surface area contributed by atoms with E-state index >= 15 is 0 Å². The molecule has 0 unspecified atom stereocenters. The SMILES string of the molecule is C=CCC=CCC=CCCCCCCC=CCCCC(=O)O. The van der Waals surface area contributed by atoms with Crippen LogP contribution in [0.1, 0.15) is 70.6 Å². The molecule has 124 valence electrons. The van der Waals surface area contributed by atoms with Crippen LogP contribution in [0.5, 0.6) is 0 Å². The number of carbonyl (C=O) groups is 1. The van der Waals surface area contributed by atoms with E-state index in [2.05, 4.69) is 43.0 Å². The summed E-state index contributed by atoms with van der Waals surface area (Å²) in [4.78, 5) is 10.3. The molecule has 0 amide bonds. The Balaban J connectivity index is 3.23. The van der Waals surface area contributed by atoms with Crippen LogP contribution < -0.4 is 0 Å². The minimum Gasteiger partial charge on any atom is -0.481 e. The van der Waals surface area contributed by atoms with E-state index in [1.807, 2.05) is 6.08 Å². The van der Waals surface area contributed by atoms with Crippen molar-refractivity contribution < 1.29 is 9.90 Å². The maximum absolute atomic E-state index is 10.3. The Kier molecular flexibility index (Phi) is 16.2. The highest BCUT2D eigenvalue weighted by molar-refractivity contribution is 5.66. The zero-order chi connectivity index (χ0) is 16.3. The lowest BCUT2D eigenvalue weighted by atomic mass is 10.1. The number of carboxylic acids is 1. The summed E-state index contributed by atoms with van der Waals surface area (Å²) in [5.74, 6) is -0.699. The van der Waals surface area contributed by atoms with Crippen LogP contribution in [-0.2, 0) is 4.79 Å². The predicted molar refractivity (Wildman–Crippen MR) is 96.0 cm³/mol. The minimum absolute atomic E-state index is 0.280. The quantitative estimate of drug-likeness (QED) is 0.288. The summed E-state index contributed by atoms with van der Waals surface area (Å²) >= 11 is 0. The highest BCUT2D eigenvalue weighted by atomic mass is 16.4. The van der Waals surface area contributed by atoms with E-state index in [1.54, 1.807) is 0 Å². The number of unbranched alkanes of at least 4 members (excludes halogenated alkanes) is 6. The standard InChI is InChI=1S/C20H32O2/c1-2-3-4-5-6-7-8-9-10-11-12-13-14-15-16-17-18-19-20(21)22/h2,4-5,7-8,15-16H,1,3,6,9-14,17-19H2,(H,21,22). The monoisotopic (exact) mass is 304 g/mol. The summed E-state index contributed by atoms with van der Waals surface area (Å²) in [5, 5.41) is 8.50. The molecular weight excluding hydrogens is 272 g/mol. The second-order valence-corrected chi connectivity index (χ2v) is 5.45. The fourth-order valence-corrected chi connectivity index (χ4v) is 2.07. The van der Waals surface area contributed by atoms with Crippen LogP contribution in [0.3, 0.4) is 0 Å². The lowest BCUT2D eigenvalue weighted by molar-refractivity contribution is -0.137. The topological polar surface area (TPSA) is 37.3 Å². The van der Waals surface area contributed by atoms with Gasteiger partial charge in [0.1, 0.15) is 0 Å². The zero-order valence-electron chi connectivity index (χ0n) is 13.9. The van der Waals surface area contributed by atoms with Gasteiger partial charge in [-0.25, -0.2) is 0 Å². The van der Waals surface area contributed by atoms with Gasteiger partial charge < -0.3 is 5.11 Å². The van der Waals surface area contributed by atoms with E-state index in [0.717, 1.165) is 32.1 Å². The third-order valence-corrected chi connectivity index (χ3v) is 3.33. The minimum atomic E-state index is -0.699. The fraction of sp³-hybridized carbons (Fsp3) is 0.550. The Labute approximate surface area is 136 Å². The zero-order valence-corrected chi connectivity index (χ0v) is 13.9. The molecule has 0 fully saturated rings. The van der Waals surface area contributed by atoms with Crippen molar-refractivity contribution in [1.82, 2.24) is 0 Å². The van der Waals surface area contributed by atoms with Crippen LogP contribution >= 0.6 is 0 Å². The van der Waals surface area contributed by atoms with Crippen LogP contribution in [0.15, 0.2) is 49.1 Å². The highest BCUT2D eigenvalue weighted by Crippen LogP contribution is 2.07. The summed E-state index contributed by atoms with van der Waals surface area (Å²) in [7, 11) is 0. The molecule has 2 heteroatoms. The summed E-state index contributed by atoms with van der Waals surface area (Å²) in [6.07, 6.45) is 26.4. The number of hydrogen-bond acceptors (Lipinski definition) is 1. The Morgan fingerprint density at radius 3 is 1.82 bits per heavy atom. The molecule has 0 saturated heterocycles. The van der Waals surface area contributed by atoms with Crippen molar-refractivity contribution in [2.75, 3.05) is 0 Å². The molecule has 0 aliphatic rings. The molecule has 0 aromatic rings. The van der Waals surface area contributed by atoms with Gasteiger partial charge in [0.2, 0.25) is 0 Å². The summed E-state index contributed by atoms with van der Waals surface area (Å²) in [6, 6.07) is 0. The second kappa shape index (κ2) is 17.5. The van der Waals surface area contributed by atoms with Gasteiger partial charge in [-0.1, -0.05) is 55.4 Å². The van der Waals surface area contributed by atoms with E-state index < -0.39 is 5.97 Å². The van der Waals surface area contributed by atoms with Gasteiger partial charge in [0.15, 0.2) is 0 Å². The Bertz CT molecular complexity index is 351. The molecule has 0 aromatic heterocycles. The maximum atomic E-state index is 10.3. The van der Waals surface area contributed by atoms with Crippen molar-refractivity contribution in [2.24, 2.45) is 0 Å². The second-order valence-electron chi connectivity index (χ2n) is 5.45. The number of hydrogen-bond donors (Lipinski definition) is 1. The molecule has 0 radical (unpaired) electrons. The van der Waals surface area contributed by atoms with Gasteiger partial charge in [0, 0.05) is 6.42 Å². The van der Waals surface area contributed by atoms with Crippen LogP contribution in [0, 0.1) is 0 Å². The van der Waals surface area contributed by atoms with Crippen LogP contribution in [0.25, 0.3) is 0 Å². The van der Waals surface area contributed by atoms with Crippen molar-refractivity contribution in [3.8, 4) is 0 Å². The van der Waals surface area contributed by atoms with Gasteiger partial charge in [-0.2, -0.15) is 0 Å². The van der Waals surface area contributed by atoms with E-state index in [0.29, 0.717) is 0 Å². The molecule has 0 spiro atoms. The summed E-state index contributed by atoms with van der Waals surface area (Å²) in [6.45, 7) is 3.68. The Morgan fingerprint density at radius 2 is 1.23 bits per heavy atom. The molecule has 0 rings (SSSR count). The summed E-state index contributed by atoms with van der Waals surface area (Å²) < 4.78 is 0. The van der Waals surface area contributed by atoms with Crippen molar-refractivity contribution in [2.45, 2.75) is 70.6 Å². The summed E-state index contributed by atoms with van der Waals surface area (Å²) in [5.41, 5.74) is 0. The molecule has 0 heterocycles. The first-order chi connectivity index (χ1) is 10.8. The Morgan fingerprint density at radius 1 is 0.727 bits per heavy atom. The largest absolute Gasteiger partial charge is 0.481 e. The molecule has 0 aromatic carbocycles. The van der Waals surface area contributed by atoms with Crippen LogP contribution in [0.2, 0.25) is 0 Å². The van der Waals surface area contributed by atoms with E-state index in [-0.39, 0.29) is 6.42 Å². The predicted octanol–water partition coefficient (Wildman–Crippen LogP) is 6.22. The first kappa shape index (κ1) is 20.4. The normalized spacial score (nSPS) is 11.8. The first-order valence-electron chi connectivity index (χ1n) is 8.55. The molecule has 0 bridgehead atoms. The third kappa shape index (κ3) is 18.4. The molecule has 0 atom stereocenters. The molecule has 0 aliphatic heterocycles. The molecule has 1 N–H and O–H groups in total. The van der Waals surface area contributed by atoms with Crippen molar-refractivity contribution in [3.05, 3.63) is 49.1 Å². The third-order valence-electron chi connectivity index (χ3n) is 3.33. The molecular formula is C20H32O2. The van der Waals surface area contributed by atoms with Gasteiger partial charge in [-0.15, -0.1) is 6.58 Å². The van der Waals surface area contributed by atoms with E-state index in [1.165, 1.54) is 32.1 Å². The first-order valence-corrected chi connectivity index (χ1v) is 8.55. The average molecular weight is 304 g/mol. The van der Waals surface area contributed by atoms with Gasteiger partial charge in [0.25, 0.3) is 0 Å². The van der Waals surface area contributed by atoms with Gasteiger partial charge in [-0.3, -0.25) is 4.79 Å². The van der Waals surface area contributed by atoms with Crippen LogP contribution in [-0.4, -0.2) is 11.1 Å². The lowest BCUT2D eigenvalue weighted by Gasteiger charge is -1.97. The van der Waals surface area contributed by atoms with Crippen molar-refractivity contribution in [1.29, 1.82) is 0 Å². The maximum Gasteiger partial charge on any atom is 0.303 e. The number of aliphatic carboxylic acids is 1. The van der Waals surface area contributed by atoms with Gasteiger partial charge in [-0.05, 0) is 51.4 Å². The number of carboxylic acid groups (broad SMARTS) is 1. The average Bonchev–Trinajstić information content (AvgIpc) is 2.50. The van der Waals surface area contributed by atoms with Crippen molar-refractivity contribution in [3.63, 3.8) is 0 Å². The molecule has 2 nitrogen and oxygen atoms in total. The highest BCUT2D eigenvalue weighted by Gasteiger charge is 1.93. The number of allylic oxidation sites excluding steroid dienone is 7. The van der Waals surface area contributed by atoms with Crippen molar-refractivity contribution >= 4 is 5.97 Å². The van der Waals surface area contributed by atoms with Gasteiger partial charge >= 0.3 is 5.97 Å². The van der Waals surface area contributed by atoms with E-state index in [9.17, 15) is 4.79 Å². The van der Waals surface area contributed by atoms with Gasteiger partial charge in [0.05, 0.1) is 0 Å². The van der Waals surface area contributed by atoms with E-state index in [4.69, 9.17) is 5.11 Å². The molecule has 22 heavy (non-hydrogen) atoms. The molecule has 0 saturated carbocycles. The number of rotatable bonds is 15. The Hall–Kier alpha value is -1.57. The molecule has 0 aliphatic carbocycles. The lowest BCUT2D eigenvalue weighted by Crippen LogP contribution is -1.92. The van der Waals surface area contributed by atoms with Crippen LogP contribution in [0.4, 0.5) is 0 Å². The smallest absolute Gasteiger partial charge is 0.303 e. The fourth-order valence-electron chi connectivity index (χ4n) is 2.07.